The predicted molar refractivity (Wildman–Crippen MR) is 191 cm³/mol. The Bertz CT molecular complexity index is 2030. The minimum Gasteiger partial charge on any atom is -0.496 e. The van der Waals surface area contributed by atoms with Gasteiger partial charge in [0, 0.05) is 71.5 Å². The molecule has 2 aliphatic heterocycles. The van der Waals surface area contributed by atoms with Crippen LogP contribution in [0.25, 0.3) is 0 Å². The first-order chi connectivity index (χ1) is 26.8. The largest absolute Gasteiger partial charge is 0.496 e. The summed E-state index contributed by atoms with van der Waals surface area (Å²) in [5, 5.41) is 21.9. The number of hydrogen-bond acceptors (Lipinski definition) is 16. The second kappa shape index (κ2) is 16.8. The number of hydrogen-bond donors (Lipinski definition) is 0. The van der Waals surface area contributed by atoms with Gasteiger partial charge in [-0.2, -0.15) is 0 Å². The molecule has 4 atom stereocenters. The maximum atomic E-state index is 12.6. The molecule has 292 valence electrons. The first-order valence-corrected chi connectivity index (χ1v) is 16.4. The van der Waals surface area contributed by atoms with Crippen LogP contribution in [0, 0.1) is 32.1 Å². The summed E-state index contributed by atoms with van der Waals surface area (Å²) in [5.74, 6) is -5.49. The van der Waals surface area contributed by atoms with Crippen LogP contribution in [-0.2, 0) is 28.7 Å². The fraction of sp³-hybridized carbons (Fsp3) is 0.263. The van der Waals surface area contributed by atoms with Crippen molar-refractivity contribution in [2.75, 3.05) is 42.7 Å². The van der Waals surface area contributed by atoms with Gasteiger partial charge in [0.25, 0.3) is 11.4 Å². The Morgan fingerprint density at radius 3 is 1.16 bits per heavy atom. The highest BCUT2D eigenvalue weighted by Crippen LogP contribution is 2.50. The van der Waals surface area contributed by atoms with Crippen LogP contribution >= 0.6 is 0 Å². The van der Waals surface area contributed by atoms with Crippen LogP contribution in [0.1, 0.15) is 34.1 Å². The van der Waals surface area contributed by atoms with Gasteiger partial charge in [-0.05, 0) is 11.1 Å². The van der Waals surface area contributed by atoms with E-state index >= 15 is 0 Å². The number of ether oxygens (including phenoxy) is 8. The van der Waals surface area contributed by atoms with Gasteiger partial charge < -0.3 is 37.9 Å². The maximum Gasteiger partial charge on any atom is 0.326 e. The second-order valence-corrected chi connectivity index (χ2v) is 12.0. The molecule has 0 saturated heterocycles. The summed E-state index contributed by atoms with van der Waals surface area (Å²) in [7, 11) is 8.12. The zero-order valence-electron chi connectivity index (χ0n) is 30.7. The van der Waals surface area contributed by atoms with Crippen molar-refractivity contribution >= 4 is 35.3 Å². The van der Waals surface area contributed by atoms with E-state index < -0.39 is 57.4 Å². The van der Waals surface area contributed by atoms with Gasteiger partial charge in [-0.1, -0.05) is 24.3 Å². The van der Waals surface area contributed by atoms with Crippen molar-refractivity contribution in [3.63, 3.8) is 0 Å². The average Bonchev–Trinajstić information content (AvgIpc) is 3.21. The summed E-state index contributed by atoms with van der Waals surface area (Å²) in [5.41, 5.74) is 1.68. The van der Waals surface area contributed by atoms with E-state index in [9.17, 15) is 39.4 Å². The van der Waals surface area contributed by atoms with Gasteiger partial charge in [0.05, 0.1) is 52.5 Å². The molecule has 0 N–H and O–H groups in total. The van der Waals surface area contributed by atoms with Crippen molar-refractivity contribution in [3.05, 3.63) is 115 Å². The van der Waals surface area contributed by atoms with Gasteiger partial charge in [-0.25, -0.2) is 0 Å². The van der Waals surface area contributed by atoms with Crippen LogP contribution in [0.2, 0.25) is 0 Å². The van der Waals surface area contributed by atoms with E-state index in [0.29, 0.717) is 45.3 Å². The molecule has 0 bridgehead atoms. The zero-order chi connectivity index (χ0) is 40.8. The Balaban J connectivity index is 0.000000214. The number of non-ortho nitro benzene ring substituents is 2. The van der Waals surface area contributed by atoms with Crippen LogP contribution in [-0.4, -0.2) is 76.4 Å². The monoisotopic (exact) mass is 774 g/mol. The van der Waals surface area contributed by atoms with Crippen molar-refractivity contribution in [3.8, 4) is 34.5 Å². The fourth-order valence-corrected chi connectivity index (χ4v) is 6.50. The van der Waals surface area contributed by atoms with E-state index in [1.807, 2.05) is 0 Å². The molecule has 56 heavy (non-hydrogen) atoms. The van der Waals surface area contributed by atoms with Crippen molar-refractivity contribution in [2.45, 2.75) is 11.8 Å². The number of fused-ring (bicyclic) bond motifs is 2. The summed E-state index contributed by atoms with van der Waals surface area (Å²) in [6.07, 6.45) is 0. The van der Waals surface area contributed by atoms with Gasteiger partial charge in [0.1, 0.15) is 34.5 Å². The normalized spacial score (nSPS) is 17.9. The highest BCUT2D eigenvalue weighted by Gasteiger charge is 2.47. The van der Waals surface area contributed by atoms with Crippen molar-refractivity contribution in [1.29, 1.82) is 0 Å². The number of nitro benzene ring substituents is 2. The lowest BCUT2D eigenvalue weighted by atomic mass is 9.78. The number of carbonyl (C=O) groups excluding carboxylic acids is 4. The Morgan fingerprint density at radius 1 is 0.554 bits per heavy atom. The van der Waals surface area contributed by atoms with Crippen molar-refractivity contribution in [2.24, 2.45) is 11.8 Å². The highest BCUT2D eigenvalue weighted by molar-refractivity contribution is 6.00. The van der Waals surface area contributed by atoms with Crippen LogP contribution in [0.3, 0.4) is 0 Å². The number of benzene rings is 4. The predicted octanol–water partition coefficient (Wildman–Crippen LogP) is 4.90. The molecule has 0 saturated carbocycles. The van der Waals surface area contributed by atoms with E-state index in [-0.39, 0.29) is 22.9 Å². The number of nitrogens with zero attached hydrogens (tertiary/aromatic N) is 2. The second-order valence-electron chi connectivity index (χ2n) is 12.0. The average molecular weight is 775 g/mol. The summed E-state index contributed by atoms with van der Waals surface area (Å²) in [6.45, 7) is 0. The number of esters is 4. The molecule has 0 aromatic heterocycles. The third kappa shape index (κ3) is 7.70. The Labute approximate surface area is 318 Å². The third-order valence-electron chi connectivity index (χ3n) is 9.12. The van der Waals surface area contributed by atoms with Crippen molar-refractivity contribution in [1.82, 2.24) is 0 Å². The quantitative estimate of drug-likeness (QED) is 0.0686. The number of rotatable bonds is 10. The van der Waals surface area contributed by atoms with E-state index in [1.54, 1.807) is 12.1 Å². The molecule has 0 radical (unpaired) electrons. The topological polar surface area (TPSA) is 228 Å². The molecule has 4 aromatic rings. The molecule has 0 amide bonds. The molecule has 2 aliphatic rings. The summed E-state index contributed by atoms with van der Waals surface area (Å²) >= 11 is 0. The third-order valence-corrected chi connectivity index (χ3v) is 9.12. The molecule has 2 heterocycles. The number of methoxy groups -OCH3 is 6. The van der Waals surface area contributed by atoms with Crippen molar-refractivity contribution < 1.29 is 66.9 Å². The Morgan fingerprint density at radius 2 is 0.893 bits per heavy atom. The van der Waals surface area contributed by atoms with E-state index in [0.717, 1.165) is 0 Å². The summed E-state index contributed by atoms with van der Waals surface area (Å²) in [6, 6.07) is 17.4. The standard InChI is InChI=1S/2C19H17NO8/c2*1-25-12-8-13(26-2)16-14(9-12)28-19(22)17(18(21)27-3)15(16)10-4-6-11(7-5-10)20(23)24/h2*4-9,15,17H,1-3H3/t2*15-,17-/m10/s1. The maximum absolute atomic E-state index is 12.6. The molecule has 6 rings (SSSR count). The van der Waals surface area contributed by atoms with Gasteiger partial charge in [-0.3, -0.25) is 39.4 Å². The lowest BCUT2D eigenvalue weighted by Crippen LogP contribution is -2.38. The number of carbonyl (C=O) groups is 4. The van der Waals surface area contributed by atoms with E-state index in [4.69, 9.17) is 37.9 Å². The molecular weight excluding hydrogens is 740 g/mol. The SMILES string of the molecule is COC(=O)[C@@H]1C(=O)Oc2cc(OC)cc(OC)c2[C@H]1c1ccc([N+](=O)[O-])cc1.COC(=O)[C@H]1C(=O)Oc2cc(OC)cc(OC)c2[C@@H]1c1ccc([N+](=O)[O-])cc1. The van der Waals surface area contributed by atoms with Gasteiger partial charge in [0.2, 0.25) is 0 Å². The van der Waals surface area contributed by atoms with Gasteiger partial charge in [0.15, 0.2) is 11.8 Å². The summed E-state index contributed by atoms with van der Waals surface area (Å²) < 4.78 is 41.6. The Kier molecular flexibility index (Phi) is 12.0. The molecule has 18 heteroatoms. The molecule has 18 nitrogen and oxygen atoms in total. The van der Waals surface area contributed by atoms with Gasteiger partial charge >= 0.3 is 23.9 Å². The molecule has 0 spiro atoms. The lowest BCUT2D eigenvalue weighted by molar-refractivity contribution is -0.385. The van der Waals surface area contributed by atoms with Crippen LogP contribution < -0.4 is 28.4 Å². The number of nitro groups is 2. The molecule has 4 aromatic carbocycles. The van der Waals surface area contributed by atoms with Gasteiger partial charge in [-0.15, -0.1) is 0 Å². The zero-order valence-corrected chi connectivity index (χ0v) is 30.7. The lowest BCUT2D eigenvalue weighted by Gasteiger charge is -2.32. The molecule has 0 fully saturated rings. The van der Waals surface area contributed by atoms with Crippen LogP contribution in [0.15, 0.2) is 72.8 Å². The molecule has 0 unspecified atom stereocenters. The van der Waals surface area contributed by atoms with Crippen LogP contribution in [0.5, 0.6) is 34.5 Å². The summed E-state index contributed by atoms with van der Waals surface area (Å²) in [4.78, 5) is 70.8. The van der Waals surface area contributed by atoms with E-state index in [1.165, 1.54) is 103 Å². The Hall–Kier alpha value is -7.24. The highest BCUT2D eigenvalue weighted by atomic mass is 16.6. The first-order valence-electron chi connectivity index (χ1n) is 16.4. The fourth-order valence-electron chi connectivity index (χ4n) is 6.50. The van der Waals surface area contributed by atoms with Crippen LogP contribution in [0.4, 0.5) is 11.4 Å². The molecule has 0 aliphatic carbocycles. The van der Waals surface area contributed by atoms with E-state index in [2.05, 4.69) is 0 Å². The minimum absolute atomic E-state index is 0.112. The molecular formula is C38H34N2O16. The smallest absolute Gasteiger partial charge is 0.326 e. The first kappa shape index (κ1) is 40.0. The minimum atomic E-state index is -1.29.